The van der Waals surface area contributed by atoms with E-state index in [4.69, 9.17) is 17.3 Å². The maximum Gasteiger partial charge on any atom is 0.263 e. The SMILES string of the molecule is Cc1nc(N)ncc1-c1ccc(Cl)c(S(=O)(=O)Nc2ccncc2)c1. The number of aromatic nitrogens is 3. The highest BCUT2D eigenvalue weighted by Crippen LogP contribution is 2.30. The van der Waals surface area contributed by atoms with Crippen LogP contribution >= 0.6 is 11.6 Å². The Kier molecular flexibility index (Phi) is 4.56. The number of sulfonamides is 1. The number of anilines is 2. The van der Waals surface area contributed by atoms with E-state index in [-0.39, 0.29) is 15.9 Å². The summed E-state index contributed by atoms with van der Waals surface area (Å²) in [5.74, 6) is 0.155. The maximum atomic E-state index is 12.7. The number of aryl methyl sites for hydroxylation is 1. The molecule has 0 amide bonds. The van der Waals surface area contributed by atoms with E-state index in [1.54, 1.807) is 31.3 Å². The minimum Gasteiger partial charge on any atom is -0.368 e. The molecular formula is C16H14ClN5O2S. The zero-order valence-electron chi connectivity index (χ0n) is 13.1. The van der Waals surface area contributed by atoms with Gasteiger partial charge in [0.15, 0.2) is 0 Å². The van der Waals surface area contributed by atoms with E-state index >= 15 is 0 Å². The summed E-state index contributed by atoms with van der Waals surface area (Å²) < 4.78 is 27.8. The fourth-order valence-corrected chi connectivity index (χ4v) is 3.86. The van der Waals surface area contributed by atoms with Crippen LogP contribution in [0.1, 0.15) is 5.69 Å². The number of nitrogens with one attached hydrogen (secondary N) is 1. The van der Waals surface area contributed by atoms with E-state index in [0.717, 1.165) is 0 Å². The Balaban J connectivity index is 2.05. The quantitative estimate of drug-likeness (QED) is 0.725. The molecule has 0 unspecified atom stereocenters. The number of halogens is 1. The molecule has 0 saturated carbocycles. The number of hydrogen-bond donors (Lipinski definition) is 2. The number of pyridine rings is 1. The van der Waals surface area contributed by atoms with Gasteiger partial charge in [0.05, 0.1) is 16.4 Å². The van der Waals surface area contributed by atoms with Crippen LogP contribution in [0.5, 0.6) is 0 Å². The smallest absolute Gasteiger partial charge is 0.263 e. The second-order valence-corrected chi connectivity index (χ2v) is 7.27. The van der Waals surface area contributed by atoms with Gasteiger partial charge in [-0.3, -0.25) is 9.71 Å². The minimum absolute atomic E-state index is 0.0419. The first-order chi connectivity index (χ1) is 11.9. The zero-order valence-corrected chi connectivity index (χ0v) is 14.7. The van der Waals surface area contributed by atoms with E-state index in [1.807, 2.05) is 0 Å². The summed E-state index contributed by atoms with van der Waals surface area (Å²) in [7, 11) is -3.87. The van der Waals surface area contributed by atoms with E-state index in [1.165, 1.54) is 24.5 Å². The molecule has 9 heteroatoms. The van der Waals surface area contributed by atoms with Crippen molar-refractivity contribution in [1.29, 1.82) is 0 Å². The maximum absolute atomic E-state index is 12.7. The fourth-order valence-electron chi connectivity index (χ4n) is 2.28. The Bertz CT molecular complexity index is 1030. The normalized spacial score (nSPS) is 11.3. The molecule has 3 aromatic rings. The lowest BCUT2D eigenvalue weighted by Crippen LogP contribution is -2.13. The average Bonchev–Trinajstić information content (AvgIpc) is 2.56. The summed E-state index contributed by atoms with van der Waals surface area (Å²) in [4.78, 5) is 11.9. The van der Waals surface area contributed by atoms with Crippen LogP contribution in [0.15, 0.2) is 53.8 Å². The molecule has 0 fully saturated rings. The van der Waals surface area contributed by atoms with E-state index < -0.39 is 10.0 Å². The zero-order chi connectivity index (χ0) is 18.0. The van der Waals surface area contributed by atoms with Gasteiger partial charge >= 0.3 is 0 Å². The van der Waals surface area contributed by atoms with Crippen molar-refractivity contribution in [3.8, 4) is 11.1 Å². The van der Waals surface area contributed by atoms with Gasteiger partial charge in [-0.05, 0) is 36.8 Å². The van der Waals surface area contributed by atoms with Crippen molar-refractivity contribution in [2.75, 3.05) is 10.5 Å². The highest BCUT2D eigenvalue weighted by molar-refractivity contribution is 7.92. The second-order valence-electron chi connectivity index (χ2n) is 5.21. The first-order valence-corrected chi connectivity index (χ1v) is 9.05. The molecule has 7 nitrogen and oxygen atoms in total. The van der Waals surface area contributed by atoms with Crippen molar-refractivity contribution in [3.05, 3.63) is 59.6 Å². The molecule has 3 rings (SSSR count). The number of nitrogen functional groups attached to an aromatic ring is 1. The molecule has 128 valence electrons. The number of nitrogens with two attached hydrogens (primary N) is 1. The molecular weight excluding hydrogens is 362 g/mol. The van der Waals surface area contributed by atoms with Crippen molar-refractivity contribution in [2.24, 2.45) is 0 Å². The summed E-state index contributed by atoms with van der Waals surface area (Å²) in [6.07, 6.45) is 4.53. The third kappa shape index (κ3) is 3.70. The Hall–Kier alpha value is -2.71. The lowest BCUT2D eigenvalue weighted by molar-refractivity contribution is 0.601. The van der Waals surface area contributed by atoms with Gasteiger partial charge in [0.1, 0.15) is 4.90 Å². The number of hydrogen-bond acceptors (Lipinski definition) is 6. The Morgan fingerprint density at radius 2 is 1.88 bits per heavy atom. The van der Waals surface area contributed by atoms with Gasteiger partial charge in [0.25, 0.3) is 10.0 Å². The molecule has 0 saturated heterocycles. The first kappa shape index (κ1) is 17.1. The van der Waals surface area contributed by atoms with Gasteiger partial charge in [0, 0.05) is 24.2 Å². The lowest BCUT2D eigenvalue weighted by atomic mass is 10.1. The Labute approximate surface area is 150 Å². The highest BCUT2D eigenvalue weighted by atomic mass is 35.5. The molecule has 25 heavy (non-hydrogen) atoms. The fraction of sp³-hybridized carbons (Fsp3) is 0.0625. The summed E-state index contributed by atoms with van der Waals surface area (Å²) in [5.41, 5.74) is 7.89. The molecule has 0 aliphatic heterocycles. The van der Waals surface area contributed by atoms with Gasteiger partial charge in [-0.15, -0.1) is 0 Å². The average molecular weight is 376 g/mol. The molecule has 2 heterocycles. The van der Waals surface area contributed by atoms with Crippen LogP contribution in [-0.2, 0) is 10.0 Å². The molecule has 3 N–H and O–H groups in total. The van der Waals surface area contributed by atoms with Crippen LogP contribution in [0.2, 0.25) is 5.02 Å². The summed E-state index contributed by atoms with van der Waals surface area (Å²) in [6, 6.07) is 7.80. The van der Waals surface area contributed by atoms with Crippen molar-refractivity contribution < 1.29 is 8.42 Å². The molecule has 2 aromatic heterocycles. The summed E-state index contributed by atoms with van der Waals surface area (Å²) in [5, 5.41) is 0.110. The van der Waals surface area contributed by atoms with Crippen molar-refractivity contribution in [2.45, 2.75) is 11.8 Å². The van der Waals surface area contributed by atoms with Crippen LogP contribution in [-0.4, -0.2) is 23.4 Å². The third-order valence-corrected chi connectivity index (χ3v) is 5.33. The third-order valence-electron chi connectivity index (χ3n) is 3.46. The monoisotopic (exact) mass is 375 g/mol. The summed E-state index contributed by atoms with van der Waals surface area (Å²) >= 11 is 6.12. The Morgan fingerprint density at radius 1 is 1.16 bits per heavy atom. The van der Waals surface area contributed by atoms with Crippen LogP contribution in [0.3, 0.4) is 0 Å². The van der Waals surface area contributed by atoms with E-state index in [0.29, 0.717) is 22.5 Å². The van der Waals surface area contributed by atoms with Gasteiger partial charge in [0.2, 0.25) is 5.95 Å². The van der Waals surface area contributed by atoms with Crippen molar-refractivity contribution in [3.63, 3.8) is 0 Å². The molecule has 0 aliphatic carbocycles. The standard InChI is InChI=1S/C16H14ClN5O2S/c1-10-13(9-20-16(18)21-10)11-2-3-14(17)15(8-11)25(23,24)22-12-4-6-19-7-5-12/h2-9H,1H3,(H,19,22)(H2,18,20,21). The number of rotatable bonds is 4. The number of nitrogens with zero attached hydrogens (tertiary/aromatic N) is 3. The molecule has 1 aromatic carbocycles. The van der Waals surface area contributed by atoms with Crippen LogP contribution < -0.4 is 10.5 Å². The molecule has 0 atom stereocenters. The second kappa shape index (κ2) is 6.66. The minimum atomic E-state index is -3.87. The van der Waals surface area contributed by atoms with Crippen LogP contribution in [0.25, 0.3) is 11.1 Å². The van der Waals surface area contributed by atoms with Gasteiger partial charge in [-0.2, -0.15) is 0 Å². The van der Waals surface area contributed by atoms with Crippen molar-refractivity contribution in [1.82, 2.24) is 15.0 Å². The predicted octanol–water partition coefficient (Wildman–Crippen LogP) is 2.88. The van der Waals surface area contributed by atoms with E-state index in [2.05, 4.69) is 19.7 Å². The molecule has 0 bridgehead atoms. The van der Waals surface area contributed by atoms with Crippen molar-refractivity contribution >= 4 is 33.3 Å². The van der Waals surface area contributed by atoms with Gasteiger partial charge in [-0.25, -0.2) is 18.4 Å². The van der Waals surface area contributed by atoms with Crippen LogP contribution in [0, 0.1) is 6.92 Å². The molecule has 0 radical (unpaired) electrons. The van der Waals surface area contributed by atoms with Gasteiger partial charge < -0.3 is 5.73 Å². The summed E-state index contributed by atoms with van der Waals surface area (Å²) in [6.45, 7) is 1.77. The largest absolute Gasteiger partial charge is 0.368 e. The van der Waals surface area contributed by atoms with Gasteiger partial charge in [-0.1, -0.05) is 17.7 Å². The topological polar surface area (TPSA) is 111 Å². The highest BCUT2D eigenvalue weighted by Gasteiger charge is 2.20. The number of benzene rings is 1. The predicted molar refractivity (Wildman–Crippen MR) is 96.7 cm³/mol. The van der Waals surface area contributed by atoms with E-state index in [9.17, 15) is 8.42 Å². The van der Waals surface area contributed by atoms with Crippen LogP contribution in [0.4, 0.5) is 11.6 Å². The first-order valence-electron chi connectivity index (χ1n) is 7.19. The molecule has 0 spiro atoms. The lowest BCUT2D eigenvalue weighted by Gasteiger charge is -2.12. The molecule has 0 aliphatic rings. The Morgan fingerprint density at radius 3 is 2.56 bits per heavy atom.